The van der Waals surface area contributed by atoms with Gasteiger partial charge in [-0.25, -0.2) is 0 Å². The van der Waals surface area contributed by atoms with Crippen LogP contribution in [0.4, 0.5) is 0 Å². The molecule has 4 N–H and O–H groups in total. The van der Waals surface area contributed by atoms with Crippen LogP contribution in [-0.4, -0.2) is 79.1 Å². The van der Waals surface area contributed by atoms with Crippen LogP contribution in [0.3, 0.4) is 0 Å². The van der Waals surface area contributed by atoms with Crippen molar-refractivity contribution in [2.24, 2.45) is 5.92 Å². The topological polar surface area (TPSA) is 138 Å². The molecule has 2 aromatic carbocycles. The molecular weight excluding hydrogens is 598 g/mol. The van der Waals surface area contributed by atoms with Crippen LogP contribution in [0.2, 0.25) is 0 Å². The van der Waals surface area contributed by atoms with Gasteiger partial charge in [-0.05, 0) is 48.4 Å². The standard InChI is InChI=1S/C36H49N5O6/c1-25(2)30-24-47-31-12-5-4-11-28(31)33(43)38-29(13-14-32(42)40-36(35(45)39-30)15-6-3-7-16-36)34(44)37-22-26-9-8-10-27(21-26)23-41-17-19-46-20-18-41/h4-5,8-12,21,25,29-30H,3,6-7,13-20,22-24H2,1-2H3,(H,37,44)(H,38,43)(H,39,45)(H,40,42)/t29-,30+/m0/s1. The molecule has 11 nitrogen and oxygen atoms in total. The largest absolute Gasteiger partial charge is 0.491 e. The summed E-state index contributed by atoms with van der Waals surface area (Å²) in [6.45, 7) is 8.43. The van der Waals surface area contributed by atoms with E-state index in [-0.39, 0.29) is 55.3 Å². The molecule has 254 valence electrons. The van der Waals surface area contributed by atoms with E-state index >= 15 is 0 Å². The van der Waals surface area contributed by atoms with Crippen LogP contribution in [0.5, 0.6) is 5.75 Å². The average Bonchev–Trinajstić information content (AvgIpc) is 3.08. The van der Waals surface area contributed by atoms with E-state index in [0.29, 0.717) is 18.6 Å². The van der Waals surface area contributed by atoms with E-state index in [1.165, 1.54) is 0 Å². The number of rotatable bonds is 6. The molecule has 0 aromatic heterocycles. The lowest BCUT2D eigenvalue weighted by atomic mass is 9.80. The molecule has 11 heteroatoms. The molecular formula is C36H49N5O6. The van der Waals surface area contributed by atoms with Crippen molar-refractivity contribution >= 4 is 23.6 Å². The minimum absolute atomic E-state index is 0.0335. The quantitative estimate of drug-likeness (QED) is 0.378. The number of amides is 4. The van der Waals surface area contributed by atoms with E-state index in [9.17, 15) is 19.2 Å². The molecule has 2 heterocycles. The summed E-state index contributed by atoms with van der Waals surface area (Å²) in [4.78, 5) is 56.8. The van der Waals surface area contributed by atoms with Crippen LogP contribution >= 0.6 is 0 Å². The van der Waals surface area contributed by atoms with E-state index in [4.69, 9.17) is 9.47 Å². The molecule has 1 saturated heterocycles. The zero-order chi connectivity index (χ0) is 33.2. The number of fused-ring (bicyclic) bond motifs is 1. The van der Waals surface area contributed by atoms with Crippen molar-refractivity contribution in [3.63, 3.8) is 0 Å². The van der Waals surface area contributed by atoms with Gasteiger partial charge in [0.25, 0.3) is 5.91 Å². The van der Waals surface area contributed by atoms with Crippen molar-refractivity contribution in [1.29, 1.82) is 0 Å². The first-order chi connectivity index (χ1) is 22.7. The van der Waals surface area contributed by atoms with Crippen molar-refractivity contribution in [3.05, 3.63) is 65.2 Å². The summed E-state index contributed by atoms with van der Waals surface area (Å²) in [5.41, 5.74) is 1.34. The van der Waals surface area contributed by atoms with Crippen molar-refractivity contribution in [1.82, 2.24) is 26.2 Å². The van der Waals surface area contributed by atoms with Gasteiger partial charge in [0.05, 0.1) is 24.8 Å². The molecule has 1 aliphatic carbocycles. The van der Waals surface area contributed by atoms with Crippen molar-refractivity contribution in [3.8, 4) is 5.75 Å². The maximum absolute atomic E-state index is 13.8. The van der Waals surface area contributed by atoms with Gasteiger partial charge < -0.3 is 30.7 Å². The molecule has 47 heavy (non-hydrogen) atoms. The molecule has 2 aliphatic heterocycles. The molecule has 1 saturated carbocycles. The zero-order valence-electron chi connectivity index (χ0n) is 27.6. The van der Waals surface area contributed by atoms with Gasteiger partial charge in [0.15, 0.2) is 0 Å². The fourth-order valence-electron chi connectivity index (χ4n) is 6.51. The predicted octanol–water partition coefficient (Wildman–Crippen LogP) is 3.07. The lowest BCUT2D eigenvalue weighted by Gasteiger charge is -2.38. The third kappa shape index (κ3) is 9.32. The summed E-state index contributed by atoms with van der Waals surface area (Å²) >= 11 is 0. The molecule has 3 aliphatic rings. The Labute approximate surface area is 277 Å². The Morgan fingerprint density at radius 1 is 0.979 bits per heavy atom. The minimum atomic E-state index is -1.02. The maximum atomic E-state index is 13.8. The summed E-state index contributed by atoms with van der Waals surface area (Å²) in [6, 6.07) is 13.6. The number of morpholine rings is 1. The monoisotopic (exact) mass is 647 g/mol. The second-order valence-corrected chi connectivity index (χ2v) is 13.3. The first-order valence-electron chi connectivity index (χ1n) is 17.0. The van der Waals surface area contributed by atoms with Gasteiger partial charge in [-0.15, -0.1) is 0 Å². The number of nitrogens with zero attached hydrogens (tertiary/aromatic N) is 1. The number of carbonyl (C=O) groups excluding carboxylic acids is 4. The van der Waals surface area contributed by atoms with Crippen molar-refractivity contribution in [2.45, 2.75) is 89.5 Å². The number of carbonyl (C=O) groups is 4. The Kier molecular flexibility index (Phi) is 11.9. The fraction of sp³-hybridized carbons (Fsp3) is 0.556. The first-order valence-corrected chi connectivity index (χ1v) is 17.0. The Hall–Kier alpha value is -3.96. The number of nitrogens with one attached hydrogen (secondary N) is 4. The number of hydrogen-bond acceptors (Lipinski definition) is 7. The molecule has 2 aromatic rings. The first kappa shape index (κ1) is 34.4. The lowest BCUT2D eigenvalue weighted by Crippen LogP contribution is -2.62. The third-order valence-corrected chi connectivity index (χ3v) is 9.44. The van der Waals surface area contributed by atoms with Crippen LogP contribution < -0.4 is 26.0 Å². The van der Waals surface area contributed by atoms with Gasteiger partial charge in [-0.2, -0.15) is 0 Å². The summed E-state index contributed by atoms with van der Waals surface area (Å²) in [7, 11) is 0. The predicted molar refractivity (Wildman–Crippen MR) is 178 cm³/mol. The smallest absolute Gasteiger partial charge is 0.255 e. The highest BCUT2D eigenvalue weighted by Crippen LogP contribution is 2.29. The van der Waals surface area contributed by atoms with Gasteiger partial charge in [-0.1, -0.05) is 69.5 Å². The number of hydrogen-bond donors (Lipinski definition) is 4. The summed E-state index contributed by atoms with van der Waals surface area (Å²) in [5, 5.41) is 12.0. The van der Waals surface area contributed by atoms with Crippen LogP contribution in [0.15, 0.2) is 48.5 Å². The Morgan fingerprint density at radius 3 is 2.49 bits per heavy atom. The molecule has 1 spiro atoms. The van der Waals surface area contributed by atoms with Crippen LogP contribution in [0.25, 0.3) is 0 Å². The van der Waals surface area contributed by atoms with Crippen molar-refractivity contribution < 1.29 is 28.7 Å². The zero-order valence-corrected chi connectivity index (χ0v) is 27.6. The normalized spacial score (nSPS) is 22.9. The highest BCUT2D eigenvalue weighted by molar-refractivity contribution is 6.00. The molecule has 4 amide bonds. The van der Waals surface area contributed by atoms with Crippen LogP contribution in [0.1, 0.15) is 80.3 Å². The Balaban J connectivity index is 1.34. The molecule has 2 fully saturated rings. The summed E-state index contributed by atoms with van der Waals surface area (Å²) in [5.74, 6) is -1.000. The van der Waals surface area contributed by atoms with E-state index in [1.54, 1.807) is 24.3 Å². The molecule has 0 unspecified atom stereocenters. The number of ether oxygens (including phenoxy) is 2. The van der Waals surface area contributed by atoms with E-state index in [0.717, 1.165) is 63.2 Å². The van der Waals surface area contributed by atoms with Gasteiger partial charge in [0.2, 0.25) is 17.7 Å². The molecule has 0 radical (unpaired) electrons. The van der Waals surface area contributed by atoms with Crippen molar-refractivity contribution in [2.75, 3.05) is 32.9 Å². The average molecular weight is 648 g/mol. The minimum Gasteiger partial charge on any atom is -0.491 e. The second-order valence-electron chi connectivity index (χ2n) is 13.3. The summed E-state index contributed by atoms with van der Waals surface area (Å²) in [6.07, 6.45) is 3.79. The van der Waals surface area contributed by atoms with E-state index in [2.05, 4.69) is 38.3 Å². The summed E-state index contributed by atoms with van der Waals surface area (Å²) < 4.78 is 11.6. The third-order valence-electron chi connectivity index (χ3n) is 9.44. The number of benzene rings is 2. The van der Waals surface area contributed by atoms with E-state index in [1.807, 2.05) is 26.0 Å². The van der Waals surface area contributed by atoms with E-state index < -0.39 is 23.4 Å². The highest BCUT2D eigenvalue weighted by Gasteiger charge is 2.42. The van der Waals surface area contributed by atoms with Crippen LogP contribution in [0, 0.1) is 5.92 Å². The van der Waals surface area contributed by atoms with Gasteiger partial charge in [0.1, 0.15) is 23.9 Å². The van der Waals surface area contributed by atoms with Gasteiger partial charge in [-0.3, -0.25) is 24.1 Å². The lowest BCUT2D eigenvalue weighted by molar-refractivity contribution is -0.136. The molecule has 0 bridgehead atoms. The SMILES string of the molecule is CC(C)[C@H]1COc2ccccc2C(=O)N[C@H](C(=O)NCc2cccc(CN3CCOCC3)c2)CCC(=O)NC2(CCCCC2)C(=O)N1. The Morgan fingerprint density at radius 2 is 1.72 bits per heavy atom. The van der Waals surface area contributed by atoms with Gasteiger partial charge in [0, 0.05) is 32.6 Å². The number of para-hydroxylation sites is 1. The Bertz CT molecular complexity index is 1400. The maximum Gasteiger partial charge on any atom is 0.255 e. The molecule has 5 rings (SSSR count). The second kappa shape index (κ2) is 16.2. The fourth-order valence-corrected chi connectivity index (χ4v) is 6.51. The van der Waals surface area contributed by atoms with Gasteiger partial charge >= 0.3 is 0 Å². The molecule has 2 atom stereocenters. The highest BCUT2D eigenvalue weighted by atomic mass is 16.5. The van der Waals surface area contributed by atoms with Crippen LogP contribution in [-0.2, 0) is 32.2 Å².